The Labute approximate surface area is 124 Å². The van der Waals surface area contributed by atoms with Crippen molar-refractivity contribution in [2.75, 3.05) is 6.54 Å². The first kappa shape index (κ1) is 14.2. The first-order chi connectivity index (χ1) is 9.61. The summed E-state index contributed by atoms with van der Waals surface area (Å²) in [5.41, 5.74) is 0.829. The predicted octanol–water partition coefficient (Wildman–Crippen LogP) is 1.41. The molecule has 0 spiro atoms. The van der Waals surface area contributed by atoms with Crippen molar-refractivity contribution < 1.29 is 4.79 Å². The van der Waals surface area contributed by atoms with Gasteiger partial charge in [-0.2, -0.15) is 4.80 Å². The van der Waals surface area contributed by atoms with E-state index in [0.717, 1.165) is 10.0 Å². The number of hydrogen-bond donors (Lipinski definition) is 1. The lowest BCUT2D eigenvalue weighted by atomic mass is 10.2. The standard InChI is InChI=1S/C13H12BrN5O/c1-3-8-15-13(20)9(2)19-17-12(16-18-19)10-4-6-11(14)7-5-10/h1,4-7,9H,8H2,2H3,(H,15,20). The Morgan fingerprint density at radius 2 is 2.20 bits per heavy atom. The van der Waals surface area contributed by atoms with Gasteiger partial charge in [0.05, 0.1) is 6.54 Å². The van der Waals surface area contributed by atoms with Gasteiger partial charge in [-0.15, -0.1) is 16.6 Å². The molecule has 2 rings (SSSR count). The van der Waals surface area contributed by atoms with Crippen LogP contribution in [0.1, 0.15) is 13.0 Å². The number of amides is 1. The van der Waals surface area contributed by atoms with Gasteiger partial charge in [-0.25, -0.2) is 0 Å². The second-order valence-electron chi connectivity index (χ2n) is 4.04. The van der Waals surface area contributed by atoms with E-state index in [9.17, 15) is 4.79 Å². The maximum Gasteiger partial charge on any atom is 0.247 e. The Morgan fingerprint density at radius 3 is 2.85 bits per heavy atom. The van der Waals surface area contributed by atoms with E-state index in [-0.39, 0.29) is 12.5 Å². The van der Waals surface area contributed by atoms with E-state index in [1.165, 1.54) is 4.80 Å². The van der Waals surface area contributed by atoms with Crippen molar-refractivity contribution in [1.82, 2.24) is 25.5 Å². The van der Waals surface area contributed by atoms with E-state index in [1.807, 2.05) is 24.3 Å². The average molecular weight is 334 g/mol. The number of benzene rings is 1. The van der Waals surface area contributed by atoms with Crippen LogP contribution < -0.4 is 5.32 Å². The first-order valence-corrected chi connectivity index (χ1v) is 6.67. The second kappa shape index (κ2) is 6.30. The third-order valence-corrected chi connectivity index (χ3v) is 3.15. The van der Waals surface area contributed by atoms with Gasteiger partial charge >= 0.3 is 0 Å². The van der Waals surface area contributed by atoms with Crippen LogP contribution in [0.5, 0.6) is 0 Å². The van der Waals surface area contributed by atoms with Crippen molar-refractivity contribution in [3.05, 3.63) is 28.7 Å². The van der Waals surface area contributed by atoms with Gasteiger partial charge in [0, 0.05) is 10.0 Å². The van der Waals surface area contributed by atoms with Crippen LogP contribution in [-0.2, 0) is 4.79 Å². The number of nitrogens with zero attached hydrogens (tertiary/aromatic N) is 4. The number of carbonyl (C=O) groups excluding carboxylic acids is 1. The van der Waals surface area contributed by atoms with Gasteiger partial charge in [0.2, 0.25) is 11.7 Å². The molecule has 1 aromatic carbocycles. The number of carbonyl (C=O) groups is 1. The Morgan fingerprint density at radius 1 is 1.50 bits per heavy atom. The number of aromatic nitrogens is 4. The fraction of sp³-hybridized carbons (Fsp3) is 0.231. The smallest absolute Gasteiger partial charge is 0.247 e. The van der Waals surface area contributed by atoms with E-state index in [4.69, 9.17) is 6.42 Å². The molecule has 102 valence electrons. The third kappa shape index (κ3) is 3.22. The number of rotatable bonds is 4. The number of halogens is 1. The van der Waals surface area contributed by atoms with Gasteiger partial charge in [-0.3, -0.25) is 4.79 Å². The molecule has 0 aliphatic heterocycles. The summed E-state index contributed by atoms with van der Waals surface area (Å²) in [5, 5.41) is 14.6. The number of tetrazole rings is 1. The molecule has 0 saturated heterocycles. The normalized spacial score (nSPS) is 11.7. The molecule has 0 aliphatic carbocycles. The highest BCUT2D eigenvalue weighted by Crippen LogP contribution is 2.18. The summed E-state index contributed by atoms with van der Waals surface area (Å²) in [4.78, 5) is 13.0. The van der Waals surface area contributed by atoms with Gasteiger partial charge < -0.3 is 5.32 Å². The number of terminal acetylenes is 1. The van der Waals surface area contributed by atoms with Crippen LogP contribution in [0, 0.1) is 12.3 Å². The second-order valence-corrected chi connectivity index (χ2v) is 4.95. The Bertz CT molecular complexity index is 644. The third-order valence-electron chi connectivity index (χ3n) is 2.62. The number of hydrogen-bond acceptors (Lipinski definition) is 4. The summed E-state index contributed by atoms with van der Waals surface area (Å²) >= 11 is 3.36. The Balaban J connectivity index is 2.14. The highest BCUT2D eigenvalue weighted by molar-refractivity contribution is 9.10. The first-order valence-electron chi connectivity index (χ1n) is 5.88. The van der Waals surface area contributed by atoms with Crippen LogP contribution in [0.2, 0.25) is 0 Å². The zero-order chi connectivity index (χ0) is 14.5. The van der Waals surface area contributed by atoms with Crippen molar-refractivity contribution in [2.45, 2.75) is 13.0 Å². The molecule has 0 bridgehead atoms. The maximum atomic E-state index is 11.8. The molecular weight excluding hydrogens is 322 g/mol. The minimum Gasteiger partial charge on any atom is -0.343 e. The molecule has 0 radical (unpaired) electrons. The largest absolute Gasteiger partial charge is 0.343 e. The molecule has 1 N–H and O–H groups in total. The lowest BCUT2D eigenvalue weighted by molar-refractivity contribution is -0.124. The average Bonchev–Trinajstić information content (AvgIpc) is 2.94. The topological polar surface area (TPSA) is 72.7 Å². The van der Waals surface area contributed by atoms with Gasteiger partial charge in [-0.1, -0.05) is 21.9 Å². The van der Waals surface area contributed by atoms with Crippen LogP contribution in [0.15, 0.2) is 28.7 Å². The van der Waals surface area contributed by atoms with Crippen LogP contribution in [-0.4, -0.2) is 32.7 Å². The van der Waals surface area contributed by atoms with Crippen molar-refractivity contribution in [2.24, 2.45) is 0 Å². The quantitative estimate of drug-likeness (QED) is 0.858. The summed E-state index contributed by atoms with van der Waals surface area (Å²) in [6, 6.07) is 6.95. The molecule has 1 amide bonds. The molecule has 2 aromatic rings. The van der Waals surface area contributed by atoms with E-state index in [2.05, 4.69) is 42.6 Å². The van der Waals surface area contributed by atoms with Gasteiger partial charge in [0.1, 0.15) is 6.04 Å². The molecule has 7 heteroatoms. The van der Waals surface area contributed by atoms with Crippen molar-refractivity contribution in [3.63, 3.8) is 0 Å². The van der Waals surface area contributed by atoms with E-state index in [0.29, 0.717) is 5.82 Å². The fourth-order valence-electron chi connectivity index (χ4n) is 1.49. The molecule has 6 nitrogen and oxygen atoms in total. The highest BCUT2D eigenvalue weighted by Gasteiger charge is 2.17. The minimum absolute atomic E-state index is 0.178. The monoisotopic (exact) mass is 333 g/mol. The summed E-state index contributed by atoms with van der Waals surface area (Å²) < 4.78 is 0.968. The lowest BCUT2D eigenvalue weighted by Crippen LogP contribution is -2.32. The molecule has 20 heavy (non-hydrogen) atoms. The molecule has 0 saturated carbocycles. The predicted molar refractivity (Wildman–Crippen MR) is 77.5 cm³/mol. The van der Waals surface area contributed by atoms with Crippen LogP contribution in [0.25, 0.3) is 11.4 Å². The van der Waals surface area contributed by atoms with Crippen LogP contribution in [0.4, 0.5) is 0 Å². The van der Waals surface area contributed by atoms with Crippen LogP contribution in [0.3, 0.4) is 0 Å². The van der Waals surface area contributed by atoms with Gasteiger partial charge in [-0.05, 0) is 36.4 Å². The van der Waals surface area contributed by atoms with Crippen LogP contribution >= 0.6 is 15.9 Å². The van der Waals surface area contributed by atoms with E-state index >= 15 is 0 Å². The summed E-state index contributed by atoms with van der Waals surface area (Å²) in [7, 11) is 0. The zero-order valence-corrected chi connectivity index (χ0v) is 12.3. The molecule has 1 heterocycles. The molecule has 0 fully saturated rings. The van der Waals surface area contributed by atoms with E-state index < -0.39 is 6.04 Å². The molecule has 1 aromatic heterocycles. The Hall–Kier alpha value is -2.20. The SMILES string of the molecule is C#CCNC(=O)C(C)n1nnc(-c2ccc(Br)cc2)n1. The van der Waals surface area contributed by atoms with Crippen molar-refractivity contribution >= 4 is 21.8 Å². The van der Waals surface area contributed by atoms with Crippen molar-refractivity contribution in [3.8, 4) is 23.7 Å². The maximum absolute atomic E-state index is 11.8. The lowest BCUT2D eigenvalue weighted by Gasteiger charge is -2.08. The molecular formula is C13H12BrN5O. The summed E-state index contributed by atoms with van der Waals surface area (Å²) in [5.74, 6) is 2.56. The fourth-order valence-corrected chi connectivity index (χ4v) is 1.76. The number of nitrogens with one attached hydrogen (secondary N) is 1. The minimum atomic E-state index is -0.569. The van der Waals surface area contributed by atoms with Gasteiger partial charge in [0.25, 0.3) is 0 Å². The zero-order valence-electron chi connectivity index (χ0n) is 10.7. The molecule has 1 unspecified atom stereocenters. The van der Waals surface area contributed by atoms with E-state index in [1.54, 1.807) is 6.92 Å². The van der Waals surface area contributed by atoms with Crippen molar-refractivity contribution in [1.29, 1.82) is 0 Å². The van der Waals surface area contributed by atoms with Gasteiger partial charge in [0.15, 0.2) is 0 Å². The molecule has 0 aliphatic rings. The Kier molecular flexibility index (Phi) is 4.48. The highest BCUT2D eigenvalue weighted by atomic mass is 79.9. The summed E-state index contributed by atoms with van der Waals surface area (Å²) in [6.45, 7) is 1.86. The molecule has 1 atom stereocenters. The summed E-state index contributed by atoms with van der Waals surface area (Å²) in [6.07, 6.45) is 5.09.